The van der Waals surface area contributed by atoms with Gasteiger partial charge in [0.25, 0.3) is 0 Å². The van der Waals surface area contributed by atoms with E-state index < -0.39 is 0 Å². The standard InChI is InChI=1S/C19H28N2O2/c1-3-20-10-7-15(8-11-20)13-19(22)21-12-9-18(21)16-5-4-6-17(14-16)23-2/h4-6,14-15,18H,3,7-13H2,1-2H3. The quantitative estimate of drug-likeness (QED) is 0.837. The van der Waals surface area contributed by atoms with E-state index in [-0.39, 0.29) is 6.04 Å². The van der Waals surface area contributed by atoms with Gasteiger partial charge >= 0.3 is 0 Å². The molecule has 1 amide bonds. The summed E-state index contributed by atoms with van der Waals surface area (Å²) >= 11 is 0. The minimum atomic E-state index is 0.244. The van der Waals surface area contributed by atoms with Crippen LogP contribution in [0.4, 0.5) is 0 Å². The Morgan fingerprint density at radius 2 is 2.00 bits per heavy atom. The van der Waals surface area contributed by atoms with E-state index in [2.05, 4.69) is 28.9 Å². The number of carbonyl (C=O) groups is 1. The van der Waals surface area contributed by atoms with Crippen molar-refractivity contribution >= 4 is 5.91 Å². The predicted molar refractivity (Wildman–Crippen MR) is 91.5 cm³/mol. The van der Waals surface area contributed by atoms with E-state index >= 15 is 0 Å². The van der Waals surface area contributed by atoms with Gasteiger partial charge in [0.1, 0.15) is 5.75 Å². The van der Waals surface area contributed by atoms with Crippen molar-refractivity contribution in [2.75, 3.05) is 33.3 Å². The molecule has 1 aromatic rings. The fraction of sp³-hybridized carbons (Fsp3) is 0.632. The molecule has 0 bridgehead atoms. The summed E-state index contributed by atoms with van der Waals surface area (Å²) in [5, 5.41) is 0. The highest BCUT2D eigenvalue weighted by molar-refractivity contribution is 5.78. The minimum Gasteiger partial charge on any atom is -0.497 e. The Morgan fingerprint density at radius 1 is 1.22 bits per heavy atom. The zero-order valence-electron chi connectivity index (χ0n) is 14.3. The number of likely N-dealkylation sites (tertiary alicyclic amines) is 2. The molecule has 2 saturated heterocycles. The van der Waals surface area contributed by atoms with Crippen LogP contribution in [0.2, 0.25) is 0 Å². The summed E-state index contributed by atoms with van der Waals surface area (Å²) in [4.78, 5) is 17.2. The summed E-state index contributed by atoms with van der Waals surface area (Å²) in [7, 11) is 1.69. The van der Waals surface area contributed by atoms with E-state index in [1.165, 1.54) is 5.56 Å². The predicted octanol–water partition coefficient (Wildman–Crippen LogP) is 3.09. The molecule has 1 aromatic carbocycles. The normalized spacial score (nSPS) is 22.7. The molecule has 2 fully saturated rings. The lowest BCUT2D eigenvalue weighted by atomic mass is 9.89. The maximum atomic E-state index is 12.7. The van der Waals surface area contributed by atoms with Crippen LogP contribution in [-0.2, 0) is 4.79 Å². The number of nitrogens with zero attached hydrogens (tertiary/aromatic N) is 2. The SMILES string of the molecule is CCN1CCC(CC(=O)N2CCC2c2cccc(OC)c2)CC1. The second kappa shape index (κ2) is 7.35. The van der Waals surface area contributed by atoms with Crippen LogP contribution in [0.1, 0.15) is 44.2 Å². The van der Waals surface area contributed by atoms with Crippen LogP contribution < -0.4 is 4.74 Å². The highest BCUT2D eigenvalue weighted by Crippen LogP contribution is 2.36. The Labute approximate surface area is 139 Å². The van der Waals surface area contributed by atoms with Crippen molar-refractivity contribution in [1.82, 2.24) is 9.80 Å². The third kappa shape index (κ3) is 3.69. The van der Waals surface area contributed by atoms with Crippen LogP contribution in [-0.4, -0.2) is 49.0 Å². The summed E-state index contributed by atoms with van der Waals surface area (Å²) in [6.45, 7) is 6.53. The Morgan fingerprint density at radius 3 is 2.61 bits per heavy atom. The summed E-state index contributed by atoms with van der Waals surface area (Å²) in [6, 6.07) is 8.37. The smallest absolute Gasteiger partial charge is 0.223 e. The van der Waals surface area contributed by atoms with Crippen molar-refractivity contribution in [2.24, 2.45) is 5.92 Å². The minimum absolute atomic E-state index is 0.244. The molecule has 0 spiro atoms. The molecule has 126 valence electrons. The molecular weight excluding hydrogens is 288 g/mol. The van der Waals surface area contributed by atoms with Crippen molar-refractivity contribution in [1.29, 1.82) is 0 Å². The van der Waals surface area contributed by atoms with Crippen LogP contribution in [0.25, 0.3) is 0 Å². The van der Waals surface area contributed by atoms with Crippen LogP contribution >= 0.6 is 0 Å². The average Bonchev–Trinajstić information content (AvgIpc) is 2.54. The molecule has 3 rings (SSSR count). The van der Waals surface area contributed by atoms with Crippen molar-refractivity contribution in [2.45, 2.75) is 38.6 Å². The number of hydrogen-bond acceptors (Lipinski definition) is 3. The molecule has 1 atom stereocenters. The van der Waals surface area contributed by atoms with Crippen molar-refractivity contribution in [3.05, 3.63) is 29.8 Å². The number of carbonyl (C=O) groups excluding carboxylic acids is 1. The Balaban J connectivity index is 1.55. The number of amides is 1. The number of ether oxygens (including phenoxy) is 1. The fourth-order valence-electron chi connectivity index (χ4n) is 3.75. The first-order valence-electron chi connectivity index (χ1n) is 8.87. The highest BCUT2D eigenvalue weighted by atomic mass is 16.5. The van der Waals surface area contributed by atoms with Crippen molar-refractivity contribution in [3.8, 4) is 5.75 Å². The molecule has 2 heterocycles. The first kappa shape index (κ1) is 16.3. The molecule has 0 N–H and O–H groups in total. The van der Waals surface area contributed by atoms with Gasteiger partial charge in [0.2, 0.25) is 5.91 Å². The van der Waals surface area contributed by atoms with E-state index in [0.717, 1.165) is 57.6 Å². The van der Waals surface area contributed by atoms with Gasteiger partial charge in [0.15, 0.2) is 0 Å². The second-order valence-corrected chi connectivity index (χ2v) is 6.75. The molecular formula is C19H28N2O2. The molecule has 0 aromatic heterocycles. The van der Waals surface area contributed by atoms with E-state index in [9.17, 15) is 4.79 Å². The summed E-state index contributed by atoms with van der Waals surface area (Å²) in [5.74, 6) is 1.77. The number of piperidine rings is 1. The third-order valence-electron chi connectivity index (χ3n) is 5.44. The third-order valence-corrected chi connectivity index (χ3v) is 5.44. The lowest BCUT2D eigenvalue weighted by Gasteiger charge is -2.42. The second-order valence-electron chi connectivity index (χ2n) is 6.75. The van der Waals surface area contributed by atoms with Crippen LogP contribution in [0.3, 0.4) is 0 Å². The largest absolute Gasteiger partial charge is 0.497 e. The lowest BCUT2D eigenvalue weighted by Crippen LogP contribution is -2.46. The number of methoxy groups -OCH3 is 1. The maximum absolute atomic E-state index is 12.7. The van der Waals surface area contributed by atoms with E-state index in [4.69, 9.17) is 4.74 Å². The van der Waals surface area contributed by atoms with Gasteiger partial charge in [-0.15, -0.1) is 0 Å². The molecule has 0 saturated carbocycles. The van der Waals surface area contributed by atoms with Crippen molar-refractivity contribution in [3.63, 3.8) is 0 Å². The Kier molecular flexibility index (Phi) is 5.21. The number of benzene rings is 1. The summed E-state index contributed by atoms with van der Waals surface area (Å²) in [6.07, 6.45) is 4.11. The lowest BCUT2D eigenvalue weighted by molar-refractivity contribution is -0.140. The van der Waals surface area contributed by atoms with Gasteiger partial charge in [-0.3, -0.25) is 4.79 Å². The monoisotopic (exact) mass is 316 g/mol. The molecule has 4 heteroatoms. The van der Waals surface area contributed by atoms with E-state index in [0.29, 0.717) is 11.8 Å². The summed E-state index contributed by atoms with van der Waals surface area (Å²) in [5.41, 5.74) is 1.20. The Bertz CT molecular complexity index is 538. The van der Waals surface area contributed by atoms with Gasteiger partial charge in [-0.1, -0.05) is 19.1 Å². The van der Waals surface area contributed by atoms with Gasteiger partial charge in [-0.05, 0) is 62.5 Å². The maximum Gasteiger partial charge on any atom is 0.223 e. The molecule has 0 aliphatic carbocycles. The van der Waals surface area contributed by atoms with Gasteiger partial charge < -0.3 is 14.5 Å². The van der Waals surface area contributed by atoms with Gasteiger partial charge in [-0.25, -0.2) is 0 Å². The van der Waals surface area contributed by atoms with Gasteiger partial charge in [0, 0.05) is 13.0 Å². The Hall–Kier alpha value is -1.55. The first-order chi connectivity index (χ1) is 11.2. The molecule has 2 aliphatic rings. The molecule has 4 nitrogen and oxygen atoms in total. The molecule has 0 radical (unpaired) electrons. The van der Waals surface area contributed by atoms with Crippen LogP contribution in [0, 0.1) is 5.92 Å². The van der Waals surface area contributed by atoms with Crippen LogP contribution in [0.15, 0.2) is 24.3 Å². The summed E-state index contributed by atoms with van der Waals surface area (Å²) < 4.78 is 5.30. The molecule has 23 heavy (non-hydrogen) atoms. The first-order valence-corrected chi connectivity index (χ1v) is 8.87. The van der Waals surface area contributed by atoms with Crippen molar-refractivity contribution < 1.29 is 9.53 Å². The molecule has 2 aliphatic heterocycles. The van der Waals surface area contributed by atoms with E-state index in [1.54, 1.807) is 7.11 Å². The van der Waals surface area contributed by atoms with Crippen LogP contribution in [0.5, 0.6) is 5.75 Å². The zero-order valence-corrected chi connectivity index (χ0v) is 14.3. The highest BCUT2D eigenvalue weighted by Gasteiger charge is 2.34. The molecule has 1 unspecified atom stereocenters. The van der Waals surface area contributed by atoms with Gasteiger partial charge in [-0.2, -0.15) is 0 Å². The number of rotatable bonds is 5. The number of hydrogen-bond donors (Lipinski definition) is 0. The topological polar surface area (TPSA) is 32.8 Å². The van der Waals surface area contributed by atoms with Gasteiger partial charge in [0.05, 0.1) is 13.2 Å². The average molecular weight is 316 g/mol. The van der Waals surface area contributed by atoms with E-state index in [1.807, 2.05) is 12.1 Å². The fourth-order valence-corrected chi connectivity index (χ4v) is 3.75. The zero-order chi connectivity index (χ0) is 16.2.